The Kier molecular flexibility index (Phi) is 4.24. The van der Waals surface area contributed by atoms with Crippen molar-refractivity contribution in [1.29, 1.82) is 0 Å². The van der Waals surface area contributed by atoms with Gasteiger partial charge in [0, 0.05) is 0 Å². The van der Waals surface area contributed by atoms with Gasteiger partial charge in [0.05, 0.1) is 15.6 Å². The van der Waals surface area contributed by atoms with E-state index in [-0.39, 0.29) is 5.56 Å². The highest BCUT2D eigenvalue weighted by molar-refractivity contribution is 6.38. The molecule has 0 fully saturated rings. The number of benzene rings is 2. The minimum atomic E-state index is 0.283. The fraction of sp³-hybridized carbons (Fsp3) is 0.0714. The third kappa shape index (κ3) is 3.03. The molecule has 0 heterocycles. The van der Waals surface area contributed by atoms with Crippen molar-refractivity contribution < 1.29 is 9.53 Å². The zero-order valence-electron chi connectivity index (χ0n) is 9.40. The van der Waals surface area contributed by atoms with Crippen molar-refractivity contribution >= 4 is 29.5 Å². The number of hydrogen-bond donors (Lipinski definition) is 0. The van der Waals surface area contributed by atoms with Crippen LogP contribution in [0.2, 0.25) is 10.0 Å². The van der Waals surface area contributed by atoms with Crippen molar-refractivity contribution in [2.75, 3.05) is 0 Å². The fourth-order valence-corrected chi connectivity index (χ4v) is 2.05. The second kappa shape index (κ2) is 5.89. The molecule has 2 aromatic carbocycles. The maximum atomic E-state index is 10.7. The van der Waals surface area contributed by atoms with Gasteiger partial charge in [0.25, 0.3) is 0 Å². The lowest BCUT2D eigenvalue weighted by Gasteiger charge is -2.08. The third-order valence-electron chi connectivity index (χ3n) is 2.42. The van der Waals surface area contributed by atoms with Crippen LogP contribution >= 0.6 is 23.2 Å². The van der Waals surface area contributed by atoms with E-state index in [1.165, 1.54) is 0 Å². The Bertz CT molecular complexity index is 530. The van der Waals surface area contributed by atoms with Gasteiger partial charge in [0.1, 0.15) is 12.4 Å². The number of carbonyl (C=O) groups excluding carboxylic acids is 1. The SMILES string of the molecule is O=Cc1c(Cl)cc(OCc2ccccc2)cc1Cl. The molecule has 0 atom stereocenters. The van der Waals surface area contributed by atoms with Crippen LogP contribution in [0.25, 0.3) is 0 Å². The molecule has 0 N–H and O–H groups in total. The lowest BCUT2D eigenvalue weighted by molar-refractivity contribution is 0.112. The van der Waals surface area contributed by atoms with Crippen molar-refractivity contribution in [3.63, 3.8) is 0 Å². The van der Waals surface area contributed by atoms with E-state index in [0.29, 0.717) is 28.7 Å². The first-order valence-electron chi connectivity index (χ1n) is 5.31. The van der Waals surface area contributed by atoms with E-state index in [1.54, 1.807) is 12.1 Å². The van der Waals surface area contributed by atoms with Crippen LogP contribution in [0.3, 0.4) is 0 Å². The molecule has 2 nitrogen and oxygen atoms in total. The predicted molar refractivity (Wildman–Crippen MR) is 72.6 cm³/mol. The standard InChI is InChI=1S/C14H10Cl2O2/c15-13-6-11(7-14(16)12(13)8-17)18-9-10-4-2-1-3-5-10/h1-8H,9H2. The number of rotatable bonds is 4. The molecule has 92 valence electrons. The van der Waals surface area contributed by atoms with Crippen LogP contribution in [0.1, 0.15) is 15.9 Å². The Labute approximate surface area is 115 Å². The minimum Gasteiger partial charge on any atom is -0.489 e. The van der Waals surface area contributed by atoms with Gasteiger partial charge in [-0.3, -0.25) is 4.79 Å². The van der Waals surface area contributed by atoms with Gasteiger partial charge in [-0.25, -0.2) is 0 Å². The third-order valence-corrected chi connectivity index (χ3v) is 3.04. The van der Waals surface area contributed by atoms with Crippen LogP contribution < -0.4 is 4.74 Å². The Morgan fingerprint density at radius 1 is 1.06 bits per heavy atom. The molecule has 4 heteroatoms. The maximum absolute atomic E-state index is 10.7. The van der Waals surface area contributed by atoms with Crippen molar-refractivity contribution in [2.45, 2.75) is 6.61 Å². The molecule has 0 aliphatic heterocycles. The molecule has 0 amide bonds. The number of hydrogen-bond acceptors (Lipinski definition) is 2. The maximum Gasteiger partial charge on any atom is 0.153 e. The summed E-state index contributed by atoms with van der Waals surface area (Å²) in [7, 11) is 0. The molecule has 0 bridgehead atoms. The lowest BCUT2D eigenvalue weighted by atomic mass is 10.2. The van der Waals surface area contributed by atoms with E-state index < -0.39 is 0 Å². The van der Waals surface area contributed by atoms with Gasteiger partial charge in [-0.2, -0.15) is 0 Å². The Morgan fingerprint density at radius 3 is 2.22 bits per heavy atom. The monoisotopic (exact) mass is 280 g/mol. The van der Waals surface area contributed by atoms with Crippen LogP contribution in [-0.2, 0) is 6.61 Å². The van der Waals surface area contributed by atoms with Gasteiger partial charge in [-0.05, 0) is 17.7 Å². The molecule has 0 saturated heterocycles. The number of ether oxygens (including phenoxy) is 1. The summed E-state index contributed by atoms with van der Waals surface area (Å²) in [4.78, 5) is 10.7. The van der Waals surface area contributed by atoms with E-state index in [2.05, 4.69) is 0 Å². The summed E-state index contributed by atoms with van der Waals surface area (Å²) in [5.41, 5.74) is 1.33. The van der Waals surface area contributed by atoms with Crippen LogP contribution in [0.15, 0.2) is 42.5 Å². The molecular formula is C14H10Cl2O2. The van der Waals surface area contributed by atoms with Crippen molar-refractivity contribution in [3.05, 3.63) is 63.6 Å². The number of halogens is 2. The van der Waals surface area contributed by atoms with Crippen molar-refractivity contribution in [2.24, 2.45) is 0 Å². The van der Waals surface area contributed by atoms with Crippen LogP contribution in [0.4, 0.5) is 0 Å². The molecule has 0 aromatic heterocycles. The van der Waals surface area contributed by atoms with Crippen LogP contribution in [-0.4, -0.2) is 6.29 Å². The highest BCUT2D eigenvalue weighted by atomic mass is 35.5. The molecule has 0 saturated carbocycles. The van der Waals surface area contributed by atoms with E-state index >= 15 is 0 Å². The predicted octanol–water partition coefficient (Wildman–Crippen LogP) is 4.38. The first-order valence-corrected chi connectivity index (χ1v) is 6.07. The van der Waals surface area contributed by atoms with Gasteiger partial charge in [-0.1, -0.05) is 53.5 Å². The summed E-state index contributed by atoms with van der Waals surface area (Å²) in [6.45, 7) is 0.425. The summed E-state index contributed by atoms with van der Waals surface area (Å²) in [5.74, 6) is 0.541. The lowest BCUT2D eigenvalue weighted by Crippen LogP contribution is -1.96. The molecule has 0 unspecified atom stereocenters. The largest absolute Gasteiger partial charge is 0.489 e. The quantitative estimate of drug-likeness (QED) is 0.777. The average molecular weight is 281 g/mol. The van der Waals surface area contributed by atoms with Crippen LogP contribution in [0, 0.1) is 0 Å². The van der Waals surface area contributed by atoms with E-state index in [0.717, 1.165) is 5.56 Å². The molecule has 0 aliphatic rings. The summed E-state index contributed by atoms with van der Waals surface area (Å²) in [6.07, 6.45) is 0.631. The van der Waals surface area contributed by atoms with Gasteiger partial charge in [0.15, 0.2) is 6.29 Å². The van der Waals surface area contributed by atoms with Gasteiger partial charge in [-0.15, -0.1) is 0 Å². The topological polar surface area (TPSA) is 26.3 Å². The van der Waals surface area contributed by atoms with Gasteiger partial charge >= 0.3 is 0 Å². The number of aldehydes is 1. The fourth-order valence-electron chi connectivity index (χ4n) is 1.50. The Morgan fingerprint density at radius 2 is 1.67 bits per heavy atom. The Hall–Kier alpha value is -1.51. The highest BCUT2D eigenvalue weighted by Crippen LogP contribution is 2.29. The van der Waals surface area contributed by atoms with Crippen molar-refractivity contribution in [3.8, 4) is 5.75 Å². The molecule has 0 radical (unpaired) electrons. The highest BCUT2D eigenvalue weighted by Gasteiger charge is 2.08. The zero-order chi connectivity index (χ0) is 13.0. The summed E-state index contributed by atoms with van der Waals surface area (Å²) in [6, 6.07) is 12.9. The molecule has 0 aliphatic carbocycles. The summed E-state index contributed by atoms with van der Waals surface area (Å²) >= 11 is 11.8. The van der Waals surface area contributed by atoms with E-state index in [9.17, 15) is 4.79 Å². The number of carbonyl (C=O) groups is 1. The Balaban J connectivity index is 2.13. The smallest absolute Gasteiger partial charge is 0.153 e. The first kappa shape index (κ1) is 12.9. The second-order valence-corrected chi connectivity index (χ2v) is 4.51. The van der Waals surface area contributed by atoms with Crippen LogP contribution in [0.5, 0.6) is 5.75 Å². The molecule has 2 aromatic rings. The van der Waals surface area contributed by atoms with E-state index in [4.69, 9.17) is 27.9 Å². The molecule has 18 heavy (non-hydrogen) atoms. The first-order chi connectivity index (χ1) is 8.70. The van der Waals surface area contributed by atoms with Gasteiger partial charge < -0.3 is 4.74 Å². The van der Waals surface area contributed by atoms with Gasteiger partial charge in [0.2, 0.25) is 0 Å². The minimum absolute atomic E-state index is 0.283. The van der Waals surface area contributed by atoms with E-state index in [1.807, 2.05) is 30.3 Å². The van der Waals surface area contributed by atoms with Crippen molar-refractivity contribution in [1.82, 2.24) is 0 Å². The summed E-state index contributed by atoms with van der Waals surface area (Å²) in [5, 5.41) is 0.584. The molecular weight excluding hydrogens is 271 g/mol. The summed E-state index contributed by atoms with van der Waals surface area (Å²) < 4.78 is 5.57. The normalized spacial score (nSPS) is 10.1. The molecule has 0 spiro atoms. The average Bonchev–Trinajstić information content (AvgIpc) is 2.37. The zero-order valence-corrected chi connectivity index (χ0v) is 10.9. The second-order valence-electron chi connectivity index (χ2n) is 3.69. The molecule has 2 rings (SSSR count).